The minimum atomic E-state index is -0.190. The highest BCUT2D eigenvalue weighted by Crippen LogP contribution is 2.38. The highest BCUT2D eigenvalue weighted by molar-refractivity contribution is 7.80. The molecule has 0 amide bonds. The Morgan fingerprint density at radius 2 is 1.79 bits per heavy atom. The molecule has 0 radical (unpaired) electrons. The average Bonchev–Trinajstić information content (AvgIpc) is 3.35. The second-order valence-electron chi connectivity index (χ2n) is 8.12. The van der Waals surface area contributed by atoms with Crippen molar-refractivity contribution in [3.05, 3.63) is 65.2 Å². The zero-order chi connectivity index (χ0) is 24.2. The second-order valence-corrected chi connectivity index (χ2v) is 8.51. The van der Waals surface area contributed by atoms with E-state index in [0.29, 0.717) is 28.3 Å². The molecule has 34 heavy (non-hydrogen) atoms. The summed E-state index contributed by atoms with van der Waals surface area (Å²) in [6, 6.07) is 13.9. The van der Waals surface area contributed by atoms with Crippen LogP contribution in [0.2, 0.25) is 0 Å². The molecule has 178 valence electrons. The number of allylic oxidation sites excluding steroid dienone is 1. The van der Waals surface area contributed by atoms with E-state index in [1.165, 1.54) is 5.56 Å². The molecule has 4 rings (SSSR count). The largest absolute Gasteiger partial charge is 0.493 e. The zero-order valence-electron chi connectivity index (χ0n) is 20.2. The summed E-state index contributed by atoms with van der Waals surface area (Å²) in [5, 5.41) is 8.48. The van der Waals surface area contributed by atoms with Gasteiger partial charge < -0.3 is 24.2 Å². The van der Waals surface area contributed by atoms with Crippen molar-refractivity contribution in [2.45, 2.75) is 39.7 Å². The van der Waals surface area contributed by atoms with E-state index in [1.807, 2.05) is 18.2 Å². The van der Waals surface area contributed by atoms with E-state index in [9.17, 15) is 0 Å². The van der Waals surface area contributed by atoms with Crippen molar-refractivity contribution in [2.24, 2.45) is 0 Å². The topological polar surface area (TPSA) is 72.7 Å². The van der Waals surface area contributed by atoms with Gasteiger partial charge in [-0.05, 0) is 61.3 Å². The smallest absolute Gasteiger partial charge is 0.258 e. The van der Waals surface area contributed by atoms with Gasteiger partial charge in [0, 0.05) is 17.8 Å². The number of hydrogen-bond donors (Lipinski definition) is 1. The van der Waals surface area contributed by atoms with E-state index >= 15 is 0 Å². The van der Waals surface area contributed by atoms with Gasteiger partial charge in [0.05, 0.1) is 25.8 Å². The number of thiocarbonyl (C=S) groups is 1. The summed E-state index contributed by atoms with van der Waals surface area (Å²) in [5.41, 5.74) is 5.09. The highest BCUT2D eigenvalue weighted by Gasteiger charge is 2.33. The van der Waals surface area contributed by atoms with Crippen LogP contribution < -0.4 is 14.8 Å². The van der Waals surface area contributed by atoms with Gasteiger partial charge in [-0.2, -0.15) is 4.98 Å². The number of aryl methyl sites for hydroxylation is 1. The second kappa shape index (κ2) is 10.3. The van der Waals surface area contributed by atoms with Crippen molar-refractivity contribution in [1.29, 1.82) is 0 Å². The summed E-state index contributed by atoms with van der Waals surface area (Å²) in [5.74, 6) is 2.19. The third-order valence-corrected chi connectivity index (χ3v) is 6.40. The Hall–Kier alpha value is -3.39. The molecule has 0 bridgehead atoms. The first kappa shape index (κ1) is 23.8. The van der Waals surface area contributed by atoms with Gasteiger partial charge >= 0.3 is 0 Å². The molecule has 1 aliphatic rings. The maximum Gasteiger partial charge on any atom is 0.258 e. The SMILES string of the molecule is CCCN1C(=S)NC(c2ccc(CC)cc2)C(c2nc(-c3ccc(OC)c(OC)c3)no2)=C1C. The Labute approximate surface area is 205 Å². The fraction of sp³-hybridized carbons (Fsp3) is 0.346. The molecule has 1 atom stereocenters. The maximum absolute atomic E-state index is 5.82. The Kier molecular flexibility index (Phi) is 7.17. The Bertz CT molecular complexity index is 1200. The molecule has 0 aliphatic carbocycles. The van der Waals surface area contributed by atoms with Crippen molar-refractivity contribution in [2.75, 3.05) is 20.8 Å². The van der Waals surface area contributed by atoms with Gasteiger partial charge in [-0.3, -0.25) is 0 Å². The third-order valence-electron chi connectivity index (χ3n) is 6.06. The van der Waals surface area contributed by atoms with Gasteiger partial charge in [0.1, 0.15) is 0 Å². The lowest BCUT2D eigenvalue weighted by Gasteiger charge is -2.37. The molecule has 3 aromatic rings. The van der Waals surface area contributed by atoms with E-state index in [2.05, 4.69) is 60.4 Å². The lowest BCUT2D eigenvalue weighted by atomic mass is 9.94. The normalized spacial score (nSPS) is 16.0. The first-order valence-corrected chi connectivity index (χ1v) is 11.9. The Morgan fingerprint density at radius 3 is 2.44 bits per heavy atom. The molecular formula is C26H30N4O3S. The molecule has 7 nitrogen and oxygen atoms in total. The molecule has 1 N–H and O–H groups in total. The fourth-order valence-corrected chi connectivity index (χ4v) is 4.52. The number of methoxy groups -OCH3 is 2. The van der Waals surface area contributed by atoms with E-state index in [0.717, 1.165) is 41.8 Å². The molecule has 0 saturated carbocycles. The van der Waals surface area contributed by atoms with Crippen molar-refractivity contribution >= 4 is 22.9 Å². The number of rotatable bonds is 8. The van der Waals surface area contributed by atoms with Crippen LogP contribution in [0.3, 0.4) is 0 Å². The summed E-state index contributed by atoms with van der Waals surface area (Å²) in [7, 11) is 3.21. The van der Waals surface area contributed by atoms with Crippen LogP contribution in [-0.4, -0.2) is 40.9 Å². The molecule has 0 fully saturated rings. The molecule has 1 aromatic heterocycles. The van der Waals surface area contributed by atoms with Crippen LogP contribution in [0.1, 0.15) is 50.3 Å². The zero-order valence-corrected chi connectivity index (χ0v) is 21.0. The lowest BCUT2D eigenvalue weighted by Crippen LogP contribution is -2.46. The molecular weight excluding hydrogens is 448 g/mol. The van der Waals surface area contributed by atoms with Crippen molar-refractivity contribution < 1.29 is 14.0 Å². The lowest BCUT2D eigenvalue weighted by molar-refractivity contribution is 0.355. The molecule has 0 saturated heterocycles. The summed E-state index contributed by atoms with van der Waals surface area (Å²) in [4.78, 5) is 6.87. The summed E-state index contributed by atoms with van der Waals surface area (Å²) < 4.78 is 16.6. The number of nitrogens with one attached hydrogen (secondary N) is 1. The predicted molar refractivity (Wildman–Crippen MR) is 137 cm³/mol. The minimum Gasteiger partial charge on any atom is -0.493 e. The highest BCUT2D eigenvalue weighted by atomic mass is 32.1. The van der Waals surface area contributed by atoms with Gasteiger partial charge in [0.25, 0.3) is 5.89 Å². The van der Waals surface area contributed by atoms with Gasteiger partial charge in [-0.25, -0.2) is 0 Å². The molecule has 2 aromatic carbocycles. The van der Waals surface area contributed by atoms with Crippen molar-refractivity contribution in [1.82, 2.24) is 20.4 Å². The van der Waals surface area contributed by atoms with Crippen LogP contribution >= 0.6 is 12.2 Å². The minimum absolute atomic E-state index is 0.190. The maximum atomic E-state index is 5.82. The van der Waals surface area contributed by atoms with Crippen molar-refractivity contribution in [3.63, 3.8) is 0 Å². The number of hydrogen-bond acceptors (Lipinski definition) is 6. The monoisotopic (exact) mass is 478 g/mol. The standard InChI is InChI=1S/C26H30N4O3S/c1-6-14-30-16(3)22(23(27-26(30)34)18-10-8-17(7-2)9-11-18)25-28-24(29-33-25)19-12-13-20(31-4)21(15-19)32-5/h8-13,15,23H,6-7,14H2,1-5H3,(H,27,34). The molecule has 1 unspecified atom stereocenters. The van der Waals surface area contributed by atoms with Gasteiger partial charge in [0.2, 0.25) is 5.82 Å². The molecule has 1 aliphatic heterocycles. The summed E-state index contributed by atoms with van der Waals surface area (Å²) in [6.45, 7) is 7.15. The molecule has 2 heterocycles. The van der Waals surface area contributed by atoms with E-state index in [4.69, 9.17) is 31.2 Å². The van der Waals surface area contributed by atoms with Crippen molar-refractivity contribution in [3.8, 4) is 22.9 Å². The van der Waals surface area contributed by atoms with Crippen LogP contribution in [0.25, 0.3) is 17.0 Å². The third kappa shape index (κ3) is 4.50. The predicted octanol–water partition coefficient (Wildman–Crippen LogP) is 5.39. The average molecular weight is 479 g/mol. The number of aromatic nitrogens is 2. The number of benzene rings is 2. The van der Waals surface area contributed by atoms with E-state index in [-0.39, 0.29) is 6.04 Å². The van der Waals surface area contributed by atoms with Gasteiger partial charge in [0.15, 0.2) is 16.6 Å². The van der Waals surface area contributed by atoms with Crippen LogP contribution in [0.4, 0.5) is 0 Å². The molecule has 8 heteroatoms. The number of nitrogens with zero attached hydrogens (tertiary/aromatic N) is 3. The number of ether oxygens (including phenoxy) is 2. The van der Waals surface area contributed by atoms with Gasteiger partial charge in [-0.15, -0.1) is 0 Å². The van der Waals surface area contributed by atoms with Crippen LogP contribution in [0.15, 0.2) is 52.7 Å². The quantitative estimate of drug-likeness (QED) is 0.432. The van der Waals surface area contributed by atoms with Gasteiger partial charge in [-0.1, -0.05) is 43.3 Å². The van der Waals surface area contributed by atoms with Crippen LogP contribution in [0.5, 0.6) is 11.5 Å². The summed E-state index contributed by atoms with van der Waals surface area (Å²) in [6.07, 6.45) is 1.95. The molecule has 0 spiro atoms. The van der Waals surface area contributed by atoms with E-state index < -0.39 is 0 Å². The fourth-order valence-electron chi connectivity index (χ4n) is 4.17. The Balaban J connectivity index is 1.78. The van der Waals surface area contributed by atoms with Crippen LogP contribution in [-0.2, 0) is 6.42 Å². The summed E-state index contributed by atoms with van der Waals surface area (Å²) >= 11 is 5.72. The van der Waals surface area contributed by atoms with E-state index in [1.54, 1.807) is 14.2 Å². The first-order chi connectivity index (χ1) is 16.5. The van der Waals surface area contributed by atoms with Crippen LogP contribution in [0, 0.1) is 0 Å². The first-order valence-electron chi connectivity index (χ1n) is 11.4. The Morgan fingerprint density at radius 1 is 1.06 bits per heavy atom.